The summed E-state index contributed by atoms with van der Waals surface area (Å²) in [5.74, 6) is -0.992. The van der Waals surface area contributed by atoms with E-state index in [2.05, 4.69) is 10.4 Å². The molecule has 0 radical (unpaired) electrons. The molecule has 8 nitrogen and oxygen atoms in total. The van der Waals surface area contributed by atoms with Crippen LogP contribution in [0.2, 0.25) is 0 Å². The second-order valence-electron chi connectivity index (χ2n) is 9.20. The number of fused-ring (bicyclic) bond motifs is 1. The standard InChI is InChI=1S/C27H28N4O4/c1-17-11-18(2)31(29-17)15-20-6-3-5-19(12-20)14-28-25(32)21-8-9-23-24(13-21)27(34)30(26(23)33)16-22-7-4-10-35-22/h3,5-6,8-9,11-13,22H,4,7,10,14-16H2,1-2H3,(H,28,32). The van der Waals surface area contributed by atoms with Crippen LogP contribution in [0.15, 0.2) is 48.5 Å². The van der Waals surface area contributed by atoms with Gasteiger partial charge in [-0.2, -0.15) is 5.10 Å². The number of benzene rings is 2. The molecule has 0 bridgehead atoms. The molecular formula is C27H28N4O4. The summed E-state index contributed by atoms with van der Waals surface area (Å²) in [4.78, 5) is 39.7. The Balaban J connectivity index is 1.24. The lowest BCUT2D eigenvalue weighted by atomic mass is 10.1. The van der Waals surface area contributed by atoms with Crippen molar-refractivity contribution in [3.8, 4) is 0 Å². The van der Waals surface area contributed by atoms with Gasteiger partial charge in [0.05, 0.1) is 36.0 Å². The summed E-state index contributed by atoms with van der Waals surface area (Å²) in [6, 6.07) is 14.7. The molecule has 1 aromatic heterocycles. The first-order chi connectivity index (χ1) is 16.9. The molecule has 0 saturated carbocycles. The SMILES string of the molecule is Cc1cc(C)n(Cc2cccc(CNC(=O)c3ccc4c(c3)C(=O)N(CC3CCCO3)C4=O)c2)n1. The number of hydrogen-bond acceptors (Lipinski definition) is 5. The van der Waals surface area contributed by atoms with Crippen LogP contribution in [0.5, 0.6) is 0 Å². The van der Waals surface area contributed by atoms with Crippen LogP contribution in [0, 0.1) is 13.8 Å². The van der Waals surface area contributed by atoms with Crippen LogP contribution in [-0.4, -0.2) is 51.7 Å². The maximum absolute atomic E-state index is 12.9. The fourth-order valence-electron chi connectivity index (χ4n) is 4.72. The molecule has 1 fully saturated rings. The molecule has 1 atom stereocenters. The van der Waals surface area contributed by atoms with Gasteiger partial charge in [-0.05, 0) is 62.1 Å². The third-order valence-electron chi connectivity index (χ3n) is 6.52. The van der Waals surface area contributed by atoms with Crippen molar-refractivity contribution in [2.24, 2.45) is 0 Å². The van der Waals surface area contributed by atoms with E-state index < -0.39 is 0 Å². The third-order valence-corrected chi connectivity index (χ3v) is 6.52. The molecule has 35 heavy (non-hydrogen) atoms. The van der Waals surface area contributed by atoms with Crippen LogP contribution in [-0.2, 0) is 17.8 Å². The quantitative estimate of drug-likeness (QED) is 0.533. The molecule has 1 saturated heterocycles. The van der Waals surface area contributed by atoms with E-state index in [1.165, 1.54) is 11.0 Å². The number of hydrogen-bond donors (Lipinski definition) is 1. The molecule has 1 unspecified atom stereocenters. The predicted octanol–water partition coefficient (Wildman–Crippen LogP) is 3.25. The van der Waals surface area contributed by atoms with E-state index in [1.54, 1.807) is 12.1 Å². The van der Waals surface area contributed by atoms with Crippen LogP contribution in [0.25, 0.3) is 0 Å². The van der Waals surface area contributed by atoms with E-state index >= 15 is 0 Å². The highest BCUT2D eigenvalue weighted by Crippen LogP contribution is 2.26. The van der Waals surface area contributed by atoms with Gasteiger partial charge in [-0.25, -0.2) is 0 Å². The Hall–Kier alpha value is -3.78. The van der Waals surface area contributed by atoms with Crippen LogP contribution in [0.3, 0.4) is 0 Å². The molecule has 2 aliphatic heterocycles. The zero-order chi connectivity index (χ0) is 24.5. The lowest BCUT2D eigenvalue weighted by Crippen LogP contribution is -2.36. The Morgan fingerprint density at radius 1 is 1.06 bits per heavy atom. The summed E-state index contributed by atoms with van der Waals surface area (Å²) in [5.41, 5.74) is 5.09. The van der Waals surface area contributed by atoms with Gasteiger partial charge < -0.3 is 10.1 Å². The first kappa shape index (κ1) is 23.0. The number of ether oxygens (including phenoxy) is 1. The number of nitrogens with zero attached hydrogens (tertiary/aromatic N) is 3. The van der Waals surface area contributed by atoms with E-state index in [-0.39, 0.29) is 35.9 Å². The predicted molar refractivity (Wildman–Crippen MR) is 129 cm³/mol. The van der Waals surface area contributed by atoms with Gasteiger partial charge in [0.15, 0.2) is 0 Å². The van der Waals surface area contributed by atoms with Gasteiger partial charge in [0.2, 0.25) is 0 Å². The van der Waals surface area contributed by atoms with Crippen LogP contribution >= 0.6 is 0 Å². The number of aryl methyl sites for hydroxylation is 2. The monoisotopic (exact) mass is 472 g/mol. The molecule has 0 spiro atoms. The smallest absolute Gasteiger partial charge is 0.261 e. The summed E-state index contributed by atoms with van der Waals surface area (Å²) in [6.07, 6.45) is 1.66. The molecule has 3 amide bonds. The molecule has 2 aliphatic rings. The lowest BCUT2D eigenvalue weighted by molar-refractivity contribution is 0.0475. The van der Waals surface area contributed by atoms with Gasteiger partial charge in [-0.1, -0.05) is 24.3 Å². The number of nitrogens with one attached hydrogen (secondary N) is 1. The van der Waals surface area contributed by atoms with E-state index in [0.717, 1.165) is 35.4 Å². The average Bonchev–Trinajstić information content (AvgIpc) is 3.54. The molecule has 2 aromatic carbocycles. The Morgan fingerprint density at radius 2 is 1.86 bits per heavy atom. The first-order valence-electron chi connectivity index (χ1n) is 11.9. The van der Waals surface area contributed by atoms with Crippen molar-refractivity contribution in [2.45, 2.75) is 45.9 Å². The summed E-state index contributed by atoms with van der Waals surface area (Å²) < 4.78 is 7.54. The maximum Gasteiger partial charge on any atom is 0.261 e. The Labute approximate surface area is 203 Å². The minimum absolute atomic E-state index is 0.114. The summed E-state index contributed by atoms with van der Waals surface area (Å²) in [6.45, 7) is 5.91. The van der Waals surface area contributed by atoms with Crippen molar-refractivity contribution in [3.05, 3.63) is 87.7 Å². The lowest BCUT2D eigenvalue weighted by Gasteiger charge is -2.17. The van der Waals surface area contributed by atoms with Crippen molar-refractivity contribution in [3.63, 3.8) is 0 Å². The van der Waals surface area contributed by atoms with Crippen molar-refractivity contribution >= 4 is 17.7 Å². The number of imide groups is 1. The number of carbonyl (C=O) groups is 3. The van der Waals surface area contributed by atoms with Gasteiger partial charge in [0, 0.05) is 24.4 Å². The van der Waals surface area contributed by atoms with E-state index in [0.29, 0.717) is 30.8 Å². The fraction of sp³-hybridized carbons (Fsp3) is 0.333. The maximum atomic E-state index is 12.9. The van der Waals surface area contributed by atoms with E-state index in [9.17, 15) is 14.4 Å². The highest BCUT2D eigenvalue weighted by Gasteiger charge is 2.37. The van der Waals surface area contributed by atoms with Crippen molar-refractivity contribution < 1.29 is 19.1 Å². The summed E-state index contributed by atoms with van der Waals surface area (Å²) in [5, 5.41) is 7.43. The molecule has 0 aliphatic carbocycles. The van der Waals surface area contributed by atoms with Gasteiger partial charge in [-0.3, -0.25) is 24.0 Å². The van der Waals surface area contributed by atoms with Gasteiger partial charge >= 0.3 is 0 Å². The molecule has 180 valence electrons. The third kappa shape index (κ3) is 4.74. The zero-order valence-corrected chi connectivity index (χ0v) is 19.9. The van der Waals surface area contributed by atoms with Crippen molar-refractivity contribution in [2.75, 3.05) is 13.2 Å². The first-order valence-corrected chi connectivity index (χ1v) is 11.9. The topological polar surface area (TPSA) is 93.5 Å². The minimum atomic E-state index is -0.369. The van der Waals surface area contributed by atoms with Crippen LogP contribution in [0.4, 0.5) is 0 Å². The molecule has 5 rings (SSSR count). The molecular weight excluding hydrogens is 444 g/mol. The Morgan fingerprint density at radius 3 is 2.60 bits per heavy atom. The average molecular weight is 473 g/mol. The van der Waals surface area contributed by atoms with E-state index in [1.807, 2.05) is 48.9 Å². The van der Waals surface area contributed by atoms with Crippen molar-refractivity contribution in [1.29, 1.82) is 0 Å². The Kier molecular flexibility index (Phi) is 6.21. The summed E-state index contributed by atoms with van der Waals surface area (Å²) >= 11 is 0. The van der Waals surface area contributed by atoms with E-state index in [4.69, 9.17) is 4.74 Å². The highest BCUT2D eigenvalue weighted by molar-refractivity contribution is 6.22. The van der Waals surface area contributed by atoms with Gasteiger partial charge in [0.1, 0.15) is 0 Å². The highest BCUT2D eigenvalue weighted by atomic mass is 16.5. The van der Waals surface area contributed by atoms with Crippen LogP contribution in [0.1, 0.15) is 66.4 Å². The number of amides is 3. The molecule has 8 heteroatoms. The molecule has 3 aromatic rings. The number of aromatic nitrogens is 2. The van der Waals surface area contributed by atoms with Gasteiger partial charge in [0.25, 0.3) is 17.7 Å². The fourth-order valence-corrected chi connectivity index (χ4v) is 4.72. The van der Waals surface area contributed by atoms with Crippen molar-refractivity contribution in [1.82, 2.24) is 20.0 Å². The Bertz CT molecular complexity index is 1310. The summed E-state index contributed by atoms with van der Waals surface area (Å²) in [7, 11) is 0. The second kappa shape index (κ2) is 9.46. The number of carbonyl (C=O) groups excluding carboxylic acids is 3. The second-order valence-corrected chi connectivity index (χ2v) is 9.20. The molecule has 1 N–H and O–H groups in total. The van der Waals surface area contributed by atoms with Gasteiger partial charge in [-0.15, -0.1) is 0 Å². The normalized spacial score (nSPS) is 17.2. The largest absolute Gasteiger partial charge is 0.376 e. The molecule has 3 heterocycles. The van der Waals surface area contributed by atoms with Crippen LogP contribution < -0.4 is 5.32 Å². The number of rotatable bonds is 7. The minimum Gasteiger partial charge on any atom is -0.376 e. The zero-order valence-electron chi connectivity index (χ0n) is 19.9.